The minimum Gasteiger partial charge on any atom is -0.428 e. The van der Waals surface area contributed by atoms with Crippen LogP contribution in [-0.4, -0.2) is 53.3 Å². The number of amides is 1. The zero-order chi connectivity index (χ0) is 22.9. The van der Waals surface area contributed by atoms with Crippen molar-refractivity contribution in [1.82, 2.24) is 10.3 Å². The minimum atomic E-state index is -1.83. The van der Waals surface area contributed by atoms with E-state index < -0.39 is 36.0 Å². The first-order valence-electron chi connectivity index (χ1n) is 10.7. The summed E-state index contributed by atoms with van der Waals surface area (Å²) in [6.45, 7) is 4.39. The second kappa shape index (κ2) is 8.46. The molecular formula is C23H26FN3O5. The van der Waals surface area contributed by atoms with E-state index in [4.69, 9.17) is 14.3 Å². The molecule has 2 unspecified atom stereocenters. The molecule has 1 aromatic heterocycles. The maximum atomic E-state index is 13.9. The van der Waals surface area contributed by atoms with Crippen LogP contribution in [0.1, 0.15) is 39.3 Å². The summed E-state index contributed by atoms with van der Waals surface area (Å²) in [6, 6.07) is 8.68. The van der Waals surface area contributed by atoms with Crippen molar-refractivity contribution in [2.24, 2.45) is 11.1 Å². The van der Waals surface area contributed by atoms with Gasteiger partial charge in [0.05, 0.1) is 12.1 Å². The lowest BCUT2D eigenvalue weighted by Gasteiger charge is -2.34. The Morgan fingerprint density at radius 1 is 1.34 bits per heavy atom. The Balaban J connectivity index is 1.60. The van der Waals surface area contributed by atoms with E-state index >= 15 is 0 Å². The molecule has 0 radical (unpaired) electrons. The zero-order valence-corrected chi connectivity index (χ0v) is 18.3. The van der Waals surface area contributed by atoms with Gasteiger partial charge < -0.3 is 19.6 Å². The molecule has 0 spiro atoms. The number of carbonyl (C=O) groups is 2. The third kappa shape index (κ3) is 3.60. The van der Waals surface area contributed by atoms with Crippen molar-refractivity contribution in [3.63, 3.8) is 0 Å². The Morgan fingerprint density at radius 2 is 2.12 bits per heavy atom. The van der Waals surface area contributed by atoms with Gasteiger partial charge in [0.1, 0.15) is 11.8 Å². The lowest BCUT2D eigenvalue weighted by atomic mass is 9.83. The van der Waals surface area contributed by atoms with Crippen molar-refractivity contribution in [3.05, 3.63) is 42.2 Å². The van der Waals surface area contributed by atoms with Gasteiger partial charge in [0.2, 0.25) is 5.60 Å². The second-order valence-electron chi connectivity index (χ2n) is 8.31. The highest BCUT2D eigenvalue weighted by Gasteiger charge is 2.56. The third-order valence-corrected chi connectivity index (χ3v) is 6.08. The Hall–Kier alpha value is -3.07. The minimum absolute atomic E-state index is 0.120. The number of carbonyl (C=O) groups excluding carboxylic acids is 2. The summed E-state index contributed by atoms with van der Waals surface area (Å²) in [6.07, 6.45) is 1.67. The molecule has 0 aliphatic carbocycles. The monoisotopic (exact) mass is 443 g/mol. The van der Waals surface area contributed by atoms with Crippen molar-refractivity contribution >= 4 is 28.4 Å². The molecule has 2 aliphatic heterocycles. The molecule has 8 nitrogen and oxygen atoms in total. The largest absolute Gasteiger partial charge is 0.428 e. The number of esters is 1. The molecule has 0 saturated carbocycles. The van der Waals surface area contributed by atoms with Gasteiger partial charge in [-0.25, -0.2) is 4.39 Å². The lowest BCUT2D eigenvalue weighted by molar-refractivity contribution is -0.225. The number of rotatable bonds is 7. The van der Waals surface area contributed by atoms with Crippen LogP contribution >= 0.6 is 0 Å². The van der Waals surface area contributed by atoms with Crippen molar-refractivity contribution in [3.8, 4) is 0 Å². The number of alkyl halides is 1. The van der Waals surface area contributed by atoms with Gasteiger partial charge in [-0.1, -0.05) is 43.3 Å². The number of aromatic nitrogens is 1. The summed E-state index contributed by atoms with van der Waals surface area (Å²) in [5.74, 6) is -3.25. The summed E-state index contributed by atoms with van der Waals surface area (Å²) in [4.78, 5) is 35.6. The molecule has 1 aromatic carbocycles. The van der Waals surface area contributed by atoms with Gasteiger partial charge in [-0.15, -0.1) is 0 Å². The fraction of sp³-hybridized carbons (Fsp3) is 0.478. The number of fused-ring (bicyclic) bond motifs is 1. The van der Waals surface area contributed by atoms with Crippen molar-refractivity contribution in [2.75, 3.05) is 13.3 Å². The molecule has 2 aliphatic rings. The molecule has 9 heteroatoms. The average Bonchev–Trinajstić information content (AvgIpc) is 3.36. The zero-order valence-electron chi connectivity index (χ0n) is 18.3. The van der Waals surface area contributed by atoms with Crippen LogP contribution in [0.5, 0.6) is 0 Å². The van der Waals surface area contributed by atoms with Gasteiger partial charge in [0.25, 0.3) is 11.7 Å². The molecule has 1 fully saturated rings. The van der Waals surface area contributed by atoms with E-state index in [9.17, 15) is 14.0 Å². The highest BCUT2D eigenvalue weighted by molar-refractivity contribution is 6.11. The first kappa shape index (κ1) is 22.1. The van der Waals surface area contributed by atoms with Crippen LogP contribution in [0.3, 0.4) is 0 Å². The number of hydrogen-bond acceptors (Lipinski definition) is 7. The van der Waals surface area contributed by atoms with Gasteiger partial charge in [-0.3, -0.25) is 14.6 Å². The summed E-state index contributed by atoms with van der Waals surface area (Å²) in [7, 11) is 0. The number of halogens is 1. The summed E-state index contributed by atoms with van der Waals surface area (Å²) < 4.78 is 24.4. The molecule has 3 atom stereocenters. The van der Waals surface area contributed by atoms with Crippen molar-refractivity contribution in [1.29, 1.82) is 0 Å². The molecule has 1 saturated heterocycles. The van der Waals surface area contributed by atoms with Crippen molar-refractivity contribution < 1.29 is 28.3 Å². The fourth-order valence-corrected chi connectivity index (χ4v) is 4.22. The van der Waals surface area contributed by atoms with Gasteiger partial charge in [-0.2, -0.15) is 0 Å². The Bertz CT molecular complexity index is 1070. The quantitative estimate of drug-likeness (QED) is 0.661. The van der Waals surface area contributed by atoms with E-state index in [0.717, 1.165) is 10.8 Å². The van der Waals surface area contributed by atoms with E-state index in [1.54, 1.807) is 13.1 Å². The molecule has 0 bridgehead atoms. The number of nitrogens with zero attached hydrogens (tertiary/aromatic N) is 2. The fourth-order valence-electron chi connectivity index (χ4n) is 4.22. The highest BCUT2D eigenvalue weighted by Crippen LogP contribution is 2.37. The van der Waals surface area contributed by atoms with E-state index in [-0.39, 0.29) is 25.4 Å². The Morgan fingerprint density at radius 3 is 2.84 bits per heavy atom. The van der Waals surface area contributed by atoms with Gasteiger partial charge in [0, 0.05) is 30.5 Å². The van der Waals surface area contributed by atoms with Crippen LogP contribution in [0.15, 0.2) is 41.7 Å². The van der Waals surface area contributed by atoms with Crippen LogP contribution in [0.4, 0.5) is 4.39 Å². The van der Waals surface area contributed by atoms with Crippen LogP contribution in [-0.2, 0) is 23.9 Å². The van der Waals surface area contributed by atoms with Crippen LogP contribution in [0.25, 0.3) is 10.8 Å². The molecule has 1 amide bonds. The van der Waals surface area contributed by atoms with E-state index in [1.807, 2.05) is 44.2 Å². The van der Waals surface area contributed by atoms with Crippen molar-refractivity contribution in [2.45, 2.75) is 51.0 Å². The lowest BCUT2D eigenvalue weighted by Crippen LogP contribution is -2.59. The standard InChI is InChI=1S/C23H26FN3O5/c1-4-30-23(13-24)18(11-19(28)31-23)26-21(29)22(14(2)3)12-17(27-32-22)20-16-8-6-5-7-15(16)9-10-25-20/h5-10,14,18H,4,11-13H2,1-3H3,(H,26,29)/t18-,22?,23?/m0/s1. The van der Waals surface area contributed by atoms with Crippen LogP contribution < -0.4 is 5.32 Å². The predicted molar refractivity (Wildman–Crippen MR) is 115 cm³/mol. The molecule has 3 heterocycles. The topological polar surface area (TPSA) is 99.1 Å². The number of benzene rings is 1. The van der Waals surface area contributed by atoms with Gasteiger partial charge in [0.15, 0.2) is 6.67 Å². The second-order valence-corrected chi connectivity index (χ2v) is 8.31. The van der Waals surface area contributed by atoms with Crippen LogP contribution in [0, 0.1) is 5.92 Å². The van der Waals surface area contributed by atoms with E-state index in [2.05, 4.69) is 15.5 Å². The molecule has 32 heavy (non-hydrogen) atoms. The van der Waals surface area contributed by atoms with Gasteiger partial charge >= 0.3 is 5.97 Å². The third-order valence-electron chi connectivity index (χ3n) is 6.08. The first-order chi connectivity index (χ1) is 15.3. The first-order valence-corrected chi connectivity index (χ1v) is 10.7. The van der Waals surface area contributed by atoms with Crippen LogP contribution in [0.2, 0.25) is 0 Å². The van der Waals surface area contributed by atoms with E-state index in [0.29, 0.717) is 11.4 Å². The summed E-state index contributed by atoms with van der Waals surface area (Å²) in [5, 5.41) is 8.87. The summed E-state index contributed by atoms with van der Waals surface area (Å²) >= 11 is 0. The smallest absolute Gasteiger partial charge is 0.310 e. The number of ether oxygens (including phenoxy) is 2. The predicted octanol–water partition coefficient (Wildman–Crippen LogP) is 2.89. The number of pyridine rings is 1. The number of oxime groups is 1. The Labute approximate surface area is 185 Å². The Kier molecular flexibility index (Phi) is 5.85. The van der Waals surface area contributed by atoms with Gasteiger partial charge in [-0.05, 0) is 18.4 Å². The molecule has 2 aromatic rings. The molecular weight excluding hydrogens is 417 g/mol. The van der Waals surface area contributed by atoms with E-state index in [1.165, 1.54) is 0 Å². The molecule has 170 valence electrons. The number of nitrogens with one attached hydrogen (secondary N) is 1. The number of hydrogen-bond donors (Lipinski definition) is 1. The average molecular weight is 443 g/mol. The normalized spacial score (nSPS) is 27.3. The molecule has 4 rings (SSSR count). The summed E-state index contributed by atoms with van der Waals surface area (Å²) in [5.41, 5.74) is -0.149. The maximum Gasteiger partial charge on any atom is 0.310 e. The SMILES string of the molecule is CCOC1(CF)OC(=O)C[C@@H]1NC(=O)C1(C(C)C)CC(c2nccc3ccccc23)=NO1. The molecule has 1 N–H and O–H groups in total. The maximum absolute atomic E-state index is 13.9. The highest BCUT2D eigenvalue weighted by atomic mass is 19.1. The number of cyclic esters (lactones) is 1.